The van der Waals surface area contributed by atoms with Crippen LogP contribution in [0.2, 0.25) is 0 Å². The van der Waals surface area contributed by atoms with E-state index < -0.39 is 11.6 Å². The molecule has 0 saturated heterocycles. The number of hydrogen-bond donors (Lipinski definition) is 0. The first-order chi connectivity index (χ1) is 7.11. The quantitative estimate of drug-likeness (QED) is 0.692. The Morgan fingerprint density at radius 3 is 2.73 bits per heavy atom. The Morgan fingerprint density at radius 1 is 1.33 bits per heavy atom. The van der Waals surface area contributed by atoms with Gasteiger partial charge < -0.3 is 4.74 Å². The third-order valence-electron chi connectivity index (χ3n) is 2.95. The number of rotatable bonds is 1. The monoisotopic (exact) mass is 212 g/mol. The Hall–Kier alpha value is -1.12. The normalized spacial score (nSPS) is 19.9. The summed E-state index contributed by atoms with van der Waals surface area (Å²) in [5, 5.41) is 0. The first kappa shape index (κ1) is 10.4. The third-order valence-corrected chi connectivity index (χ3v) is 2.95. The molecule has 82 valence electrons. The molecule has 1 unspecified atom stereocenters. The smallest absolute Gasteiger partial charge is 0.165 e. The van der Waals surface area contributed by atoms with Crippen molar-refractivity contribution in [2.24, 2.45) is 5.92 Å². The lowest BCUT2D eigenvalue weighted by Crippen LogP contribution is -2.20. The molecule has 1 nitrogen and oxygen atoms in total. The van der Waals surface area contributed by atoms with Gasteiger partial charge in [-0.15, -0.1) is 0 Å². The molecule has 0 radical (unpaired) electrons. The summed E-state index contributed by atoms with van der Waals surface area (Å²) in [6.45, 7) is 4.62. The van der Waals surface area contributed by atoms with Gasteiger partial charge in [0.25, 0.3) is 0 Å². The van der Waals surface area contributed by atoms with Gasteiger partial charge in [0, 0.05) is 5.56 Å². The van der Waals surface area contributed by atoms with Gasteiger partial charge >= 0.3 is 0 Å². The Labute approximate surface area is 88.1 Å². The zero-order valence-electron chi connectivity index (χ0n) is 8.89. The highest BCUT2D eigenvalue weighted by molar-refractivity contribution is 5.39. The predicted molar refractivity (Wildman–Crippen MR) is 54.0 cm³/mol. The van der Waals surface area contributed by atoms with Crippen LogP contribution in [0.5, 0.6) is 5.75 Å². The number of halogens is 2. The zero-order chi connectivity index (χ0) is 11.0. The summed E-state index contributed by atoms with van der Waals surface area (Å²) in [7, 11) is 0. The molecule has 1 atom stereocenters. The Kier molecular flexibility index (Phi) is 2.63. The molecule has 0 fully saturated rings. The fourth-order valence-electron chi connectivity index (χ4n) is 2.13. The van der Waals surface area contributed by atoms with E-state index in [-0.39, 0.29) is 5.92 Å². The number of fused-ring (bicyclic) bond motifs is 1. The molecule has 0 spiro atoms. The molecular formula is C12H14F2O. The van der Waals surface area contributed by atoms with Crippen LogP contribution in [-0.4, -0.2) is 6.61 Å². The molecular weight excluding hydrogens is 198 g/mol. The molecule has 1 aromatic carbocycles. The molecule has 1 heterocycles. The van der Waals surface area contributed by atoms with Gasteiger partial charge in [-0.05, 0) is 30.4 Å². The van der Waals surface area contributed by atoms with Gasteiger partial charge in [0.15, 0.2) is 11.6 Å². The Morgan fingerprint density at radius 2 is 2.07 bits per heavy atom. The van der Waals surface area contributed by atoms with Crippen molar-refractivity contribution in [3.8, 4) is 5.75 Å². The maximum Gasteiger partial charge on any atom is 0.165 e. The Balaban J connectivity index is 2.53. The van der Waals surface area contributed by atoms with E-state index >= 15 is 0 Å². The first-order valence-corrected chi connectivity index (χ1v) is 5.22. The lowest BCUT2D eigenvalue weighted by molar-refractivity contribution is 0.239. The van der Waals surface area contributed by atoms with Crippen LogP contribution in [0.15, 0.2) is 12.1 Å². The number of benzene rings is 1. The second-order valence-electron chi connectivity index (χ2n) is 4.26. The van der Waals surface area contributed by atoms with E-state index in [1.54, 1.807) is 0 Å². The molecule has 3 heteroatoms. The van der Waals surface area contributed by atoms with Crippen LogP contribution in [0.25, 0.3) is 0 Å². The van der Waals surface area contributed by atoms with Crippen molar-refractivity contribution in [2.45, 2.75) is 26.2 Å². The molecule has 2 rings (SSSR count). The van der Waals surface area contributed by atoms with Crippen molar-refractivity contribution in [3.63, 3.8) is 0 Å². The van der Waals surface area contributed by atoms with Gasteiger partial charge in [0.05, 0.1) is 6.61 Å². The molecule has 0 aliphatic carbocycles. The molecule has 0 N–H and O–H groups in total. The number of ether oxygens (including phenoxy) is 1. The van der Waals surface area contributed by atoms with Gasteiger partial charge in [-0.25, -0.2) is 8.78 Å². The van der Waals surface area contributed by atoms with Gasteiger partial charge in [-0.2, -0.15) is 0 Å². The van der Waals surface area contributed by atoms with E-state index in [1.807, 2.05) is 13.8 Å². The highest BCUT2D eigenvalue weighted by atomic mass is 19.2. The van der Waals surface area contributed by atoms with Crippen LogP contribution in [0, 0.1) is 17.6 Å². The van der Waals surface area contributed by atoms with Crippen LogP contribution in [-0.2, 0) is 0 Å². The minimum atomic E-state index is -0.787. The summed E-state index contributed by atoms with van der Waals surface area (Å²) >= 11 is 0. The van der Waals surface area contributed by atoms with E-state index in [1.165, 1.54) is 6.07 Å². The summed E-state index contributed by atoms with van der Waals surface area (Å²) in [6, 6.07) is 2.64. The molecule has 0 amide bonds. The van der Waals surface area contributed by atoms with Gasteiger partial charge in [0.1, 0.15) is 5.75 Å². The van der Waals surface area contributed by atoms with E-state index in [4.69, 9.17) is 4.74 Å². The second-order valence-corrected chi connectivity index (χ2v) is 4.26. The van der Waals surface area contributed by atoms with E-state index in [0.717, 1.165) is 12.5 Å². The third kappa shape index (κ3) is 1.71. The molecule has 0 saturated carbocycles. The summed E-state index contributed by atoms with van der Waals surface area (Å²) in [5.41, 5.74) is 0.413. The average Bonchev–Trinajstić information content (AvgIpc) is 2.23. The van der Waals surface area contributed by atoms with Crippen molar-refractivity contribution >= 4 is 0 Å². The van der Waals surface area contributed by atoms with E-state index in [9.17, 15) is 8.78 Å². The highest BCUT2D eigenvalue weighted by Gasteiger charge is 2.28. The van der Waals surface area contributed by atoms with E-state index in [0.29, 0.717) is 23.8 Å². The fraction of sp³-hybridized carbons (Fsp3) is 0.500. The van der Waals surface area contributed by atoms with Crippen LogP contribution in [0.1, 0.15) is 31.7 Å². The first-order valence-electron chi connectivity index (χ1n) is 5.22. The molecule has 1 aliphatic heterocycles. The number of hydrogen-bond acceptors (Lipinski definition) is 1. The lowest BCUT2D eigenvalue weighted by atomic mass is 9.84. The maximum atomic E-state index is 13.6. The summed E-state index contributed by atoms with van der Waals surface area (Å²) < 4.78 is 32.1. The van der Waals surface area contributed by atoms with Crippen molar-refractivity contribution < 1.29 is 13.5 Å². The van der Waals surface area contributed by atoms with E-state index in [2.05, 4.69) is 0 Å². The standard InChI is InChI=1S/C12H14F2O/c1-7(2)8-5-6-15-10-4-3-9(13)12(14)11(8)10/h3-4,7-8H,5-6H2,1-2H3. The lowest BCUT2D eigenvalue weighted by Gasteiger charge is -2.29. The van der Waals surface area contributed by atoms with Crippen LogP contribution < -0.4 is 4.74 Å². The van der Waals surface area contributed by atoms with Crippen molar-refractivity contribution in [3.05, 3.63) is 29.3 Å². The van der Waals surface area contributed by atoms with Crippen molar-refractivity contribution in [1.29, 1.82) is 0 Å². The minimum absolute atomic E-state index is 0.0597. The Bertz CT molecular complexity index is 374. The molecule has 0 bridgehead atoms. The predicted octanol–water partition coefficient (Wildman–Crippen LogP) is 3.49. The van der Waals surface area contributed by atoms with Crippen LogP contribution >= 0.6 is 0 Å². The molecule has 1 aliphatic rings. The summed E-state index contributed by atoms with van der Waals surface area (Å²) in [5.74, 6) is -0.678. The highest BCUT2D eigenvalue weighted by Crippen LogP contribution is 2.40. The van der Waals surface area contributed by atoms with Crippen LogP contribution in [0.3, 0.4) is 0 Å². The van der Waals surface area contributed by atoms with Gasteiger partial charge in [-0.1, -0.05) is 13.8 Å². The van der Waals surface area contributed by atoms with Crippen molar-refractivity contribution in [2.75, 3.05) is 6.61 Å². The average molecular weight is 212 g/mol. The largest absolute Gasteiger partial charge is 0.493 e. The van der Waals surface area contributed by atoms with Gasteiger partial charge in [0.2, 0.25) is 0 Å². The maximum absolute atomic E-state index is 13.6. The molecule has 15 heavy (non-hydrogen) atoms. The fourth-order valence-corrected chi connectivity index (χ4v) is 2.13. The van der Waals surface area contributed by atoms with Crippen molar-refractivity contribution in [1.82, 2.24) is 0 Å². The SMILES string of the molecule is CC(C)C1CCOc2ccc(F)c(F)c21. The summed E-state index contributed by atoms with van der Waals surface area (Å²) in [6.07, 6.45) is 0.755. The van der Waals surface area contributed by atoms with Crippen LogP contribution in [0.4, 0.5) is 8.78 Å². The molecule has 0 aromatic heterocycles. The minimum Gasteiger partial charge on any atom is -0.493 e. The zero-order valence-corrected chi connectivity index (χ0v) is 8.89. The summed E-state index contributed by atoms with van der Waals surface area (Å²) in [4.78, 5) is 0. The molecule has 1 aromatic rings. The topological polar surface area (TPSA) is 9.23 Å². The van der Waals surface area contributed by atoms with Gasteiger partial charge in [-0.3, -0.25) is 0 Å². The second kappa shape index (κ2) is 3.80.